The highest BCUT2D eigenvalue weighted by atomic mass is 32.2. The molecule has 0 amide bonds. The molecule has 0 N–H and O–H groups in total. The summed E-state index contributed by atoms with van der Waals surface area (Å²) >= 11 is 0. The lowest BCUT2D eigenvalue weighted by Crippen LogP contribution is -2.07. The molecule has 0 heterocycles. The van der Waals surface area contributed by atoms with Gasteiger partial charge >= 0.3 is 6.16 Å². The fourth-order valence-corrected chi connectivity index (χ4v) is 3.10. The molecule has 2 aromatic carbocycles. The van der Waals surface area contributed by atoms with Crippen LogP contribution in [0.2, 0.25) is 0 Å². The average molecular weight is 336 g/mol. The van der Waals surface area contributed by atoms with Crippen molar-refractivity contribution in [2.75, 3.05) is 13.7 Å². The van der Waals surface area contributed by atoms with E-state index in [1.807, 2.05) is 6.92 Å². The van der Waals surface area contributed by atoms with Crippen LogP contribution in [0.1, 0.15) is 6.92 Å². The van der Waals surface area contributed by atoms with Gasteiger partial charge in [0, 0.05) is 0 Å². The number of carbonyl (C=O) groups is 1. The Kier molecular flexibility index (Phi) is 5.23. The van der Waals surface area contributed by atoms with Crippen molar-refractivity contribution in [1.29, 1.82) is 0 Å². The maximum atomic E-state index is 12.5. The first-order chi connectivity index (χ1) is 11.0. The molecule has 0 aliphatic rings. The Morgan fingerprint density at radius 3 is 1.83 bits per heavy atom. The van der Waals surface area contributed by atoms with E-state index >= 15 is 0 Å². The normalized spacial score (nSPS) is 10.9. The fourth-order valence-electron chi connectivity index (χ4n) is 1.84. The maximum Gasteiger partial charge on any atom is 0.513 e. The van der Waals surface area contributed by atoms with E-state index in [9.17, 15) is 13.2 Å². The zero-order valence-corrected chi connectivity index (χ0v) is 13.5. The van der Waals surface area contributed by atoms with Gasteiger partial charge in [0.25, 0.3) is 0 Å². The van der Waals surface area contributed by atoms with Crippen LogP contribution >= 0.6 is 0 Å². The molecular weight excluding hydrogens is 320 g/mol. The van der Waals surface area contributed by atoms with Gasteiger partial charge in [-0.05, 0) is 55.5 Å². The van der Waals surface area contributed by atoms with E-state index < -0.39 is 16.0 Å². The standard InChI is InChI=1S/C16H16O6S/c1-3-21-12-4-8-14(9-5-12)23(18,19)15-10-6-13(7-11-15)22-16(17)20-2/h4-11H,3H2,1-2H3. The summed E-state index contributed by atoms with van der Waals surface area (Å²) in [5, 5.41) is 0. The van der Waals surface area contributed by atoms with Crippen molar-refractivity contribution >= 4 is 16.0 Å². The predicted molar refractivity (Wildman–Crippen MR) is 82.5 cm³/mol. The number of rotatable bonds is 5. The van der Waals surface area contributed by atoms with Crippen molar-refractivity contribution in [3.05, 3.63) is 48.5 Å². The molecular formula is C16H16O6S. The molecule has 0 atom stereocenters. The Hall–Kier alpha value is -2.54. The van der Waals surface area contributed by atoms with Crippen LogP contribution in [0.15, 0.2) is 58.3 Å². The molecule has 0 bridgehead atoms. The summed E-state index contributed by atoms with van der Waals surface area (Å²) < 4.78 is 39.5. The predicted octanol–water partition coefficient (Wildman–Crippen LogP) is 3.06. The molecule has 0 aromatic heterocycles. The van der Waals surface area contributed by atoms with Crippen LogP contribution in [0, 0.1) is 0 Å². The highest BCUT2D eigenvalue weighted by molar-refractivity contribution is 7.91. The van der Waals surface area contributed by atoms with Crippen molar-refractivity contribution in [1.82, 2.24) is 0 Å². The van der Waals surface area contributed by atoms with E-state index in [4.69, 9.17) is 9.47 Å². The van der Waals surface area contributed by atoms with Gasteiger partial charge in [-0.25, -0.2) is 13.2 Å². The number of carbonyl (C=O) groups excluding carboxylic acids is 1. The van der Waals surface area contributed by atoms with Crippen molar-refractivity contribution < 1.29 is 27.4 Å². The molecule has 2 rings (SSSR count). The lowest BCUT2D eigenvalue weighted by molar-refractivity contribution is 0.121. The van der Waals surface area contributed by atoms with E-state index in [2.05, 4.69) is 4.74 Å². The molecule has 0 aliphatic carbocycles. The molecule has 0 radical (unpaired) electrons. The van der Waals surface area contributed by atoms with E-state index in [1.165, 1.54) is 43.5 Å². The molecule has 0 unspecified atom stereocenters. The minimum Gasteiger partial charge on any atom is -0.494 e. The van der Waals surface area contributed by atoms with Crippen LogP contribution in [-0.2, 0) is 14.6 Å². The number of ether oxygens (including phenoxy) is 3. The minimum absolute atomic E-state index is 0.0962. The third-order valence-corrected chi connectivity index (χ3v) is 4.73. The van der Waals surface area contributed by atoms with E-state index in [-0.39, 0.29) is 15.5 Å². The molecule has 0 aliphatic heterocycles. The zero-order chi connectivity index (χ0) is 16.9. The van der Waals surface area contributed by atoms with Crippen molar-refractivity contribution in [2.24, 2.45) is 0 Å². The molecule has 122 valence electrons. The van der Waals surface area contributed by atoms with Gasteiger partial charge in [-0.1, -0.05) is 0 Å². The Morgan fingerprint density at radius 1 is 0.913 bits per heavy atom. The van der Waals surface area contributed by atoms with Crippen LogP contribution in [0.5, 0.6) is 11.5 Å². The van der Waals surface area contributed by atoms with Gasteiger partial charge in [-0.2, -0.15) is 0 Å². The maximum absolute atomic E-state index is 12.5. The van der Waals surface area contributed by atoms with E-state index in [1.54, 1.807) is 12.1 Å². The summed E-state index contributed by atoms with van der Waals surface area (Å²) in [7, 11) is -2.46. The SMILES string of the molecule is CCOc1ccc(S(=O)(=O)c2ccc(OC(=O)OC)cc2)cc1. The zero-order valence-electron chi connectivity index (χ0n) is 12.7. The number of sulfone groups is 1. The highest BCUT2D eigenvalue weighted by Gasteiger charge is 2.18. The number of hydrogen-bond acceptors (Lipinski definition) is 6. The molecule has 0 saturated carbocycles. The van der Waals surface area contributed by atoms with Gasteiger partial charge in [-0.3, -0.25) is 0 Å². The Balaban J connectivity index is 2.23. The van der Waals surface area contributed by atoms with Crippen LogP contribution in [0.3, 0.4) is 0 Å². The summed E-state index contributed by atoms with van der Waals surface area (Å²) in [6.07, 6.45) is -0.868. The topological polar surface area (TPSA) is 78.9 Å². The van der Waals surface area contributed by atoms with Gasteiger partial charge in [-0.15, -0.1) is 0 Å². The lowest BCUT2D eigenvalue weighted by atomic mass is 10.3. The summed E-state index contributed by atoms with van der Waals surface area (Å²) in [5.41, 5.74) is 0. The van der Waals surface area contributed by atoms with Crippen molar-refractivity contribution in [3.8, 4) is 11.5 Å². The van der Waals surface area contributed by atoms with Gasteiger partial charge in [0.2, 0.25) is 9.84 Å². The smallest absolute Gasteiger partial charge is 0.494 e. The molecule has 0 saturated heterocycles. The lowest BCUT2D eigenvalue weighted by Gasteiger charge is -2.08. The van der Waals surface area contributed by atoms with Gasteiger partial charge in [0.05, 0.1) is 23.5 Å². The first-order valence-corrected chi connectivity index (χ1v) is 8.29. The molecule has 0 spiro atoms. The first-order valence-electron chi connectivity index (χ1n) is 6.81. The Morgan fingerprint density at radius 2 is 1.39 bits per heavy atom. The van der Waals surface area contributed by atoms with Crippen LogP contribution in [0.25, 0.3) is 0 Å². The third kappa shape index (κ3) is 4.01. The largest absolute Gasteiger partial charge is 0.513 e. The van der Waals surface area contributed by atoms with Gasteiger partial charge < -0.3 is 14.2 Å². The quantitative estimate of drug-likeness (QED) is 0.617. The first kappa shape index (κ1) is 16.8. The second-order valence-corrected chi connectivity index (χ2v) is 6.39. The number of methoxy groups -OCH3 is 1. The summed E-state index contributed by atoms with van der Waals surface area (Å²) in [6, 6.07) is 11.7. The molecule has 2 aromatic rings. The highest BCUT2D eigenvalue weighted by Crippen LogP contribution is 2.25. The molecule has 23 heavy (non-hydrogen) atoms. The van der Waals surface area contributed by atoms with E-state index in [0.717, 1.165) is 0 Å². The number of benzene rings is 2. The summed E-state index contributed by atoms with van der Waals surface area (Å²) in [6.45, 7) is 2.36. The number of hydrogen-bond donors (Lipinski definition) is 0. The monoisotopic (exact) mass is 336 g/mol. The Labute approximate surface area is 134 Å². The van der Waals surface area contributed by atoms with Crippen molar-refractivity contribution in [2.45, 2.75) is 16.7 Å². The second kappa shape index (κ2) is 7.15. The third-order valence-electron chi connectivity index (χ3n) is 2.95. The minimum atomic E-state index is -3.65. The van der Waals surface area contributed by atoms with Crippen LogP contribution in [0.4, 0.5) is 4.79 Å². The molecule has 7 heteroatoms. The fraction of sp³-hybridized carbons (Fsp3) is 0.188. The summed E-state index contributed by atoms with van der Waals surface area (Å²) in [4.78, 5) is 11.2. The van der Waals surface area contributed by atoms with Crippen LogP contribution in [-0.4, -0.2) is 28.3 Å². The van der Waals surface area contributed by atoms with Gasteiger partial charge in [0.1, 0.15) is 11.5 Å². The van der Waals surface area contributed by atoms with Crippen molar-refractivity contribution in [3.63, 3.8) is 0 Å². The average Bonchev–Trinajstić information content (AvgIpc) is 2.56. The van der Waals surface area contributed by atoms with Crippen LogP contribution < -0.4 is 9.47 Å². The Bertz CT molecular complexity index is 763. The van der Waals surface area contributed by atoms with E-state index in [0.29, 0.717) is 12.4 Å². The van der Waals surface area contributed by atoms with Gasteiger partial charge in [0.15, 0.2) is 0 Å². The summed E-state index contributed by atoms with van der Waals surface area (Å²) in [5.74, 6) is 0.802. The second-order valence-electron chi connectivity index (χ2n) is 4.44. The molecule has 0 fully saturated rings. The molecule has 6 nitrogen and oxygen atoms in total.